The maximum absolute atomic E-state index is 14.3. The van der Waals surface area contributed by atoms with Crippen LogP contribution in [0.1, 0.15) is 27.0 Å². The molecule has 8 heteroatoms. The fourth-order valence-electron chi connectivity index (χ4n) is 2.83. The molecule has 0 spiro atoms. The van der Waals surface area contributed by atoms with Gasteiger partial charge < -0.3 is 14.7 Å². The molecule has 0 aliphatic rings. The summed E-state index contributed by atoms with van der Waals surface area (Å²) in [5, 5.41) is 8.94. The molecule has 1 N–H and O–H groups in total. The van der Waals surface area contributed by atoms with Gasteiger partial charge in [0, 0.05) is 11.4 Å². The molecule has 0 radical (unpaired) electrons. The van der Waals surface area contributed by atoms with Gasteiger partial charge in [0.2, 0.25) is 0 Å². The predicted octanol–water partition coefficient (Wildman–Crippen LogP) is 4.54. The minimum atomic E-state index is -0.561. The van der Waals surface area contributed by atoms with Crippen molar-refractivity contribution >= 4 is 28.8 Å². The lowest BCUT2D eigenvalue weighted by atomic mass is 10.0. The lowest BCUT2D eigenvalue weighted by Crippen LogP contribution is -2.34. The number of rotatable bonds is 6. The zero-order valence-corrected chi connectivity index (χ0v) is 16.7. The summed E-state index contributed by atoms with van der Waals surface area (Å²) >= 11 is 7.75. The van der Waals surface area contributed by atoms with Crippen molar-refractivity contribution in [3.05, 3.63) is 62.8 Å². The van der Waals surface area contributed by atoms with Gasteiger partial charge in [-0.25, -0.2) is 4.39 Å². The van der Waals surface area contributed by atoms with Crippen molar-refractivity contribution in [2.45, 2.75) is 13.0 Å². The number of carbonyl (C=O) groups is 1. The molecule has 2 aromatic heterocycles. The molecule has 27 heavy (non-hydrogen) atoms. The summed E-state index contributed by atoms with van der Waals surface area (Å²) in [6.45, 7) is 2.00. The van der Waals surface area contributed by atoms with Gasteiger partial charge in [0.05, 0.1) is 16.6 Å². The lowest BCUT2D eigenvalue weighted by Gasteiger charge is -2.23. The first-order valence-corrected chi connectivity index (χ1v) is 9.54. The highest BCUT2D eigenvalue weighted by atomic mass is 35.5. The zero-order valence-electron chi connectivity index (χ0n) is 15.1. The van der Waals surface area contributed by atoms with E-state index in [-0.39, 0.29) is 33.8 Å². The van der Waals surface area contributed by atoms with Crippen LogP contribution in [0.25, 0.3) is 11.3 Å². The first kappa shape index (κ1) is 19.5. The number of halogens is 2. The molecule has 1 unspecified atom stereocenters. The van der Waals surface area contributed by atoms with Gasteiger partial charge in [0.1, 0.15) is 22.8 Å². The number of aryl methyl sites for hydroxylation is 1. The van der Waals surface area contributed by atoms with Crippen LogP contribution in [0.2, 0.25) is 5.02 Å². The van der Waals surface area contributed by atoms with E-state index in [0.717, 1.165) is 4.88 Å². The van der Waals surface area contributed by atoms with Gasteiger partial charge in [-0.15, -0.1) is 11.3 Å². The third-order valence-corrected chi connectivity index (χ3v) is 5.53. The largest absolute Gasteiger partial charge is 0.360 e. The second-order valence-corrected chi connectivity index (χ2v) is 7.65. The molecule has 5 nitrogen and oxygen atoms in total. The Hall–Kier alpha value is -2.22. The van der Waals surface area contributed by atoms with Crippen LogP contribution in [0.3, 0.4) is 0 Å². The molecular weight excluding hydrogens is 389 g/mol. The predicted molar refractivity (Wildman–Crippen MR) is 105 cm³/mol. The van der Waals surface area contributed by atoms with Crippen LogP contribution >= 0.6 is 22.9 Å². The van der Waals surface area contributed by atoms with Gasteiger partial charge >= 0.3 is 0 Å². The summed E-state index contributed by atoms with van der Waals surface area (Å²) in [6.07, 6.45) is 0. The summed E-state index contributed by atoms with van der Waals surface area (Å²) in [7, 11) is 3.90. The van der Waals surface area contributed by atoms with Crippen LogP contribution in [-0.2, 0) is 0 Å². The summed E-state index contributed by atoms with van der Waals surface area (Å²) in [5.74, 6) is -0.638. The Morgan fingerprint density at radius 3 is 2.78 bits per heavy atom. The van der Waals surface area contributed by atoms with Crippen LogP contribution in [0, 0.1) is 12.7 Å². The van der Waals surface area contributed by atoms with Crippen molar-refractivity contribution in [2.24, 2.45) is 0 Å². The highest BCUT2D eigenvalue weighted by Crippen LogP contribution is 2.33. The topological polar surface area (TPSA) is 58.4 Å². The highest BCUT2D eigenvalue weighted by molar-refractivity contribution is 7.10. The van der Waals surface area contributed by atoms with E-state index in [1.54, 1.807) is 24.3 Å². The minimum Gasteiger partial charge on any atom is -0.360 e. The third kappa shape index (κ3) is 4.05. The molecule has 3 rings (SSSR count). The van der Waals surface area contributed by atoms with E-state index >= 15 is 0 Å². The average Bonchev–Trinajstić information content (AvgIpc) is 3.25. The van der Waals surface area contributed by atoms with E-state index < -0.39 is 5.82 Å². The molecule has 1 atom stereocenters. The fraction of sp³-hybridized carbons (Fsp3) is 0.263. The van der Waals surface area contributed by atoms with Gasteiger partial charge in [0.25, 0.3) is 5.91 Å². The Labute approximate surface area is 165 Å². The molecule has 0 bridgehead atoms. The molecular formula is C19H19ClFN3O2S. The zero-order chi connectivity index (χ0) is 19.6. The van der Waals surface area contributed by atoms with E-state index in [9.17, 15) is 9.18 Å². The highest BCUT2D eigenvalue weighted by Gasteiger charge is 2.26. The maximum atomic E-state index is 14.3. The number of nitrogens with zero attached hydrogens (tertiary/aromatic N) is 2. The van der Waals surface area contributed by atoms with Crippen LogP contribution in [0.5, 0.6) is 0 Å². The van der Waals surface area contributed by atoms with Gasteiger partial charge in [-0.3, -0.25) is 4.79 Å². The number of hydrogen-bond acceptors (Lipinski definition) is 5. The molecule has 2 heterocycles. The minimum absolute atomic E-state index is 0.0228. The number of amides is 1. The Balaban J connectivity index is 1.87. The Bertz CT molecular complexity index is 920. The van der Waals surface area contributed by atoms with Crippen molar-refractivity contribution in [1.29, 1.82) is 0 Å². The van der Waals surface area contributed by atoms with Crippen molar-refractivity contribution in [3.8, 4) is 11.3 Å². The number of aromatic nitrogens is 1. The van der Waals surface area contributed by atoms with Gasteiger partial charge in [-0.1, -0.05) is 28.9 Å². The molecule has 3 aromatic rings. The molecule has 142 valence electrons. The third-order valence-electron chi connectivity index (χ3n) is 4.24. The second-order valence-electron chi connectivity index (χ2n) is 6.26. The molecule has 1 amide bonds. The van der Waals surface area contributed by atoms with Crippen LogP contribution < -0.4 is 5.32 Å². The number of benzene rings is 1. The Morgan fingerprint density at radius 2 is 2.15 bits per heavy atom. The van der Waals surface area contributed by atoms with Crippen molar-refractivity contribution in [3.63, 3.8) is 0 Å². The molecule has 0 saturated carbocycles. The summed E-state index contributed by atoms with van der Waals surface area (Å²) in [4.78, 5) is 16.0. The van der Waals surface area contributed by atoms with Crippen molar-refractivity contribution in [2.75, 3.05) is 20.6 Å². The van der Waals surface area contributed by atoms with Gasteiger partial charge in [-0.2, -0.15) is 0 Å². The standard InChI is InChI=1S/C19H19ClFN3O2S/c1-11-16(18(23-26-11)17-12(20)6-4-7-13(17)21)19(25)22-10-14(24(2)3)15-8-5-9-27-15/h4-9,14H,10H2,1-3H3,(H,22,25). The van der Waals surface area contributed by atoms with E-state index in [1.807, 2.05) is 36.5 Å². The van der Waals surface area contributed by atoms with Gasteiger partial charge in [-0.05, 0) is 44.6 Å². The average molecular weight is 408 g/mol. The normalized spacial score (nSPS) is 12.4. The van der Waals surface area contributed by atoms with E-state index in [0.29, 0.717) is 12.3 Å². The number of carbonyl (C=O) groups excluding carboxylic acids is 1. The molecule has 0 aliphatic carbocycles. The molecule has 0 aliphatic heterocycles. The van der Waals surface area contributed by atoms with E-state index in [1.165, 1.54) is 12.1 Å². The smallest absolute Gasteiger partial charge is 0.257 e. The SMILES string of the molecule is Cc1onc(-c2c(F)cccc2Cl)c1C(=O)NCC(c1cccs1)N(C)C. The van der Waals surface area contributed by atoms with E-state index in [2.05, 4.69) is 10.5 Å². The fourth-order valence-corrected chi connectivity index (χ4v) is 4.01. The molecule has 0 fully saturated rings. The summed E-state index contributed by atoms with van der Waals surface area (Å²) in [5.41, 5.74) is 0.347. The first-order chi connectivity index (χ1) is 12.9. The Morgan fingerprint density at radius 1 is 1.37 bits per heavy atom. The Kier molecular flexibility index (Phi) is 5.94. The second kappa shape index (κ2) is 8.21. The molecule has 1 aromatic carbocycles. The summed E-state index contributed by atoms with van der Waals surface area (Å²) in [6, 6.07) is 8.33. The van der Waals surface area contributed by atoms with Gasteiger partial charge in [0.15, 0.2) is 0 Å². The van der Waals surface area contributed by atoms with Crippen molar-refractivity contribution < 1.29 is 13.7 Å². The van der Waals surface area contributed by atoms with Crippen molar-refractivity contribution in [1.82, 2.24) is 15.4 Å². The quantitative estimate of drug-likeness (QED) is 0.651. The lowest BCUT2D eigenvalue weighted by molar-refractivity contribution is 0.0941. The van der Waals surface area contributed by atoms with E-state index in [4.69, 9.17) is 16.1 Å². The van der Waals surface area contributed by atoms with Crippen LogP contribution in [0.4, 0.5) is 4.39 Å². The number of hydrogen-bond donors (Lipinski definition) is 1. The van der Waals surface area contributed by atoms with Crippen LogP contribution in [0.15, 0.2) is 40.2 Å². The molecule has 0 saturated heterocycles. The van der Waals surface area contributed by atoms with Crippen LogP contribution in [-0.4, -0.2) is 36.6 Å². The number of nitrogens with one attached hydrogen (secondary N) is 1. The monoisotopic (exact) mass is 407 g/mol. The number of likely N-dealkylation sites (N-methyl/N-ethyl adjacent to an activating group) is 1. The first-order valence-electron chi connectivity index (χ1n) is 8.28. The number of thiophene rings is 1. The summed E-state index contributed by atoms with van der Waals surface area (Å²) < 4.78 is 19.5. The maximum Gasteiger partial charge on any atom is 0.257 e.